The van der Waals surface area contributed by atoms with Gasteiger partial charge in [0.25, 0.3) is 0 Å². The number of carbonyl (C=O) groups is 2. The molecule has 0 aromatic heterocycles. The maximum atomic E-state index is 12.4. The van der Waals surface area contributed by atoms with Crippen LogP contribution in [0.15, 0.2) is 0 Å². The van der Waals surface area contributed by atoms with Crippen molar-refractivity contribution in [1.82, 2.24) is 10.2 Å². The molecule has 0 aliphatic carbocycles. The summed E-state index contributed by atoms with van der Waals surface area (Å²) in [4.78, 5) is 25.3. The summed E-state index contributed by atoms with van der Waals surface area (Å²) in [7, 11) is 0. The number of fused-ring (bicyclic) bond motifs is 2. The van der Waals surface area contributed by atoms with Gasteiger partial charge in [-0.05, 0) is 45.1 Å². The van der Waals surface area contributed by atoms with Crippen molar-refractivity contribution in [2.45, 2.75) is 70.5 Å². The molecule has 0 spiro atoms. The molecule has 2 rings (SSSR count). The molecule has 0 saturated carbocycles. The summed E-state index contributed by atoms with van der Waals surface area (Å²) in [6.07, 6.45) is 4.62. The Balaban J connectivity index is 1.91. The van der Waals surface area contributed by atoms with Crippen molar-refractivity contribution in [3.8, 4) is 0 Å². The molecule has 2 saturated heterocycles. The molecule has 2 fully saturated rings. The molecule has 0 radical (unpaired) electrons. The van der Waals surface area contributed by atoms with Crippen LogP contribution in [0.5, 0.6) is 0 Å². The second kappa shape index (κ2) is 6.57. The number of carboxylic acids is 1. The van der Waals surface area contributed by atoms with E-state index in [1.807, 2.05) is 13.8 Å². The lowest BCUT2D eigenvalue weighted by molar-refractivity contribution is -0.140. The van der Waals surface area contributed by atoms with Crippen molar-refractivity contribution in [3.63, 3.8) is 0 Å². The molecule has 5 heteroatoms. The molecule has 0 aromatic rings. The molecule has 0 aromatic carbocycles. The van der Waals surface area contributed by atoms with Gasteiger partial charge >= 0.3 is 5.97 Å². The fourth-order valence-corrected chi connectivity index (χ4v) is 3.90. The first-order valence-electron chi connectivity index (χ1n) is 7.77. The lowest BCUT2D eigenvalue weighted by atomic mass is 9.88. The minimum absolute atomic E-state index is 0.212. The van der Waals surface area contributed by atoms with Crippen molar-refractivity contribution in [2.24, 2.45) is 5.92 Å². The van der Waals surface area contributed by atoms with E-state index in [-0.39, 0.29) is 36.4 Å². The third-order valence-electron chi connectivity index (χ3n) is 4.62. The first kappa shape index (κ1) is 15.3. The van der Waals surface area contributed by atoms with Gasteiger partial charge in [0.2, 0.25) is 5.91 Å². The molecule has 3 unspecified atom stereocenters. The van der Waals surface area contributed by atoms with E-state index in [1.54, 1.807) is 0 Å². The average molecular weight is 282 g/mol. The highest BCUT2D eigenvalue weighted by Crippen LogP contribution is 2.40. The summed E-state index contributed by atoms with van der Waals surface area (Å²) < 4.78 is 0. The summed E-state index contributed by atoms with van der Waals surface area (Å²) in [6.45, 7) is 4.96. The number of carboxylic acid groups (broad SMARTS) is 1. The summed E-state index contributed by atoms with van der Waals surface area (Å²) >= 11 is 0. The Bertz CT molecular complexity index is 358. The van der Waals surface area contributed by atoms with Crippen LogP contribution in [-0.4, -0.2) is 46.6 Å². The molecule has 2 aliphatic heterocycles. The number of aliphatic carboxylic acids is 1. The van der Waals surface area contributed by atoms with Crippen LogP contribution in [0.4, 0.5) is 0 Å². The maximum absolute atomic E-state index is 12.4. The largest absolute Gasteiger partial charge is 0.481 e. The number of carbonyl (C=O) groups excluding carboxylic acids is 1. The second-order valence-corrected chi connectivity index (χ2v) is 6.28. The third kappa shape index (κ3) is 3.51. The van der Waals surface area contributed by atoms with Gasteiger partial charge < -0.3 is 15.3 Å². The van der Waals surface area contributed by atoms with Crippen LogP contribution in [0.3, 0.4) is 0 Å². The minimum atomic E-state index is -0.713. The van der Waals surface area contributed by atoms with E-state index in [1.165, 1.54) is 0 Å². The van der Waals surface area contributed by atoms with Gasteiger partial charge in [0, 0.05) is 31.0 Å². The van der Waals surface area contributed by atoms with Crippen molar-refractivity contribution >= 4 is 11.9 Å². The molecular weight excluding hydrogens is 256 g/mol. The zero-order valence-corrected chi connectivity index (χ0v) is 12.5. The monoisotopic (exact) mass is 282 g/mol. The van der Waals surface area contributed by atoms with Crippen LogP contribution in [-0.2, 0) is 9.59 Å². The first-order valence-corrected chi connectivity index (χ1v) is 7.77. The molecule has 20 heavy (non-hydrogen) atoms. The van der Waals surface area contributed by atoms with Crippen molar-refractivity contribution in [2.75, 3.05) is 6.54 Å². The Morgan fingerprint density at radius 2 is 1.90 bits per heavy atom. The molecular formula is C15H26N2O3. The minimum Gasteiger partial charge on any atom is -0.481 e. The van der Waals surface area contributed by atoms with Crippen LogP contribution in [0.2, 0.25) is 0 Å². The molecule has 2 heterocycles. The molecule has 3 atom stereocenters. The summed E-state index contributed by atoms with van der Waals surface area (Å²) in [5, 5.41) is 12.2. The Morgan fingerprint density at radius 3 is 2.40 bits per heavy atom. The standard InChI is InChI=1S/C15H26N2O3/c1-3-16-10(2)6-14(18)17-12-4-5-13(17)8-11(7-12)9-15(19)20/h10-13,16H,3-9H2,1-2H3,(H,19,20). The normalized spacial score (nSPS) is 30.3. The summed E-state index contributed by atoms with van der Waals surface area (Å²) in [5.41, 5.74) is 0. The number of nitrogens with one attached hydrogen (secondary N) is 1. The van der Waals surface area contributed by atoms with Crippen molar-refractivity contribution in [3.05, 3.63) is 0 Å². The fraction of sp³-hybridized carbons (Fsp3) is 0.867. The van der Waals surface area contributed by atoms with Gasteiger partial charge in [-0.25, -0.2) is 0 Å². The smallest absolute Gasteiger partial charge is 0.303 e. The second-order valence-electron chi connectivity index (χ2n) is 6.28. The molecule has 2 bridgehead atoms. The molecule has 2 N–H and O–H groups in total. The Kier molecular flexibility index (Phi) is 5.02. The van der Waals surface area contributed by atoms with Crippen LogP contribution >= 0.6 is 0 Å². The molecule has 114 valence electrons. The van der Waals surface area contributed by atoms with Crippen LogP contribution in [0.25, 0.3) is 0 Å². The van der Waals surface area contributed by atoms with E-state index >= 15 is 0 Å². The van der Waals surface area contributed by atoms with Crippen molar-refractivity contribution < 1.29 is 14.7 Å². The average Bonchev–Trinajstić information content (AvgIpc) is 2.61. The van der Waals surface area contributed by atoms with Gasteiger partial charge in [-0.2, -0.15) is 0 Å². The number of hydrogen-bond acceptors (Lipinski definition) is 3. The van der Waals surface area contributed by atoms with Gasteiger partial charge in [-0.15, -0.1) is 0 Å². The van der Waals surface area contributed by atoms with E-state index in [9.17, 15) is 9.59 Å². The SMILES string of the molecule is CCNC(C)CC(=O)N1C2CCC1CC(CC(=O)O)C2. The quantitative estimate of drug-likeness (QED) is 0.776. The highest BCUT2D eigenvalue weighted by molar-refractivity contribution is 5.78. The van der Waals surface area contributed by atoms with Crippen LogP contribution in [0.1, 0.15) is 52.4 Å². The fourth-order valence-electron chi connectivity index (χ4n) is 3.90. The number of nitrogens with zero attached hydrogens (tertiary/aromatic N) is 1. The van der Waals surface area contributed by atoms with Crippen LogP contribution in [0, 0.1) is 5.92 Å². The number of amides is 1. The van der Waals surface area contributed by atoms with E-state index in [0.717, 1.165) is 32.2 Å². The predicted molar refractivity (Wildman–Crippen MR) is 76.4 cm³/mol. The van der Waals surface area contributed by atoms with Crippen molar-refractivity contribution in [1.29, 1.82) is 0 Å². The van der Waals surface area contributed by atoms with Gasteiger partial charge in [-0.1, -0.05) is 6.92 Å². The highest BCUT2D eigenvalue weighted by atomic mass is 16.4. The molecule has 5 nitrogen and oxygen atoms in total. The summed E-state index contributed by atoms with van der Waals surface area (Å²) in [5.74, 6) is -0.227. The molecule has 1 amide bonds. The summed E-state index contributed by atoms with van der Waals surface area (Å²) in [6, 6.07) is 0.766. The van der Waals surface area contributed by atoms with E-state index in [4.69, 9.17) is 5.11 Å². The lowest BCUT2D eigenvalue weighted by Gasteiger charge is -2.39. The van der Waals surface area contributed by atoms with E-state index < -0.39 is 5.97 Å². The predicted octanol–water partition coefficient (Wildman–Crippen LogP) is 1.62. The van der Waals surface area contributed by atoms with Gasteiger partial charge in [0.05, 0.1) is 0 Å². The van der Waals surface area contributed by atoms with E-state index in [2.05, 4.69) is 10.2 Å². The number of hydrogen-bond donors (Lipinski definition) is 2. The van der Waals surface area contributed by atoms with Gasteiger partial charge in [0.15, 0.2) is 0 Å². The zero-order valence-electron chi connectivity index (χ0n) is 12.5. The Labute approximate surface area is 120 Å². The highest BCUT2D eigenvalue weighted by Gasteiger charge is 2.43. The van der Waals surface area contributed by atoms with Crippen LogP contribution < -0.4 is 5.32 Å². The molecule has 2 aliphatic rings. The lowest BCUT2D eigenvalue weighted by Crippen LogP contribution is -2.48. The van der Waals surface area contributed by atoms with Gasteiger partial charge in [-0.3, -0.25) is 9.59 Å². The zero-order chi connectivity index (χ0) is 14.7. The topological polar surface area (TPSA) is 69.6 Å². The first-order chi connectivity index (χ1) is 9.51. The number of rotatable bonds is 6. The maximum Gasteiger partial charge on any atom is 0.303 e. The third-order valence-corrected chi connectivity index (χ3v) is 4.62. The Hall–Kier alpha value is -1.10. The Morgan fingerprint density at radius 1 is 1.30 bits per heavy atom. The number of piperidine rings is 1. The van der Waals surface area contributed by atoms with E-state index in [0.29, 0.717) is 6.42 Å². The van der Waals surface area contributed by atoms with Gasteiger partial charge in [0.1, 0.15) is 0 Å².